The third-order valence-electron chi connectivity index (χ3n) is 5.18. The number of H-pyrrole nitrogens is 2. The Morgan fingerprint density at radius 1 is 0.900 bits per heavy atom. The number of hydrogen-bond acceptors (Lipinski definition) is 3. The number of benzene rings is 3. The van der Waals surface area contributed by atoms with Crippen LogP contribution in [0.5, 0.6) is 0 Å². The Labute approximate surface area is 171 Å². The summed E-state index contributed by atoms with van der Waals surface area (Å²) in [4.78, 5) is 35.6. The molecule has 0 aliphatic rings. The lowest BCUT2D eigenvalue weighted by Gasteiger charge is -2.20. The first-order valence-electron chi connectivity index (χ1n) is 9.60. The number of carbonyl (C=O) groups is 1. The van der Waals surface area contributed by atoms with Crippen molar-refractivity contribution in [2.24, 2.45) is 0 Å². The maximum absolute atomic E-state index is 13.1. The van der Waals surface area contributed by atoms with Crippen molar-refractivity contribution in [3.63, 3.8) is 0 Å². The van der Waals surface area contributed by atoms with Crippen LogP contribution in [0.25, 0.3) is 21.8 Å². The monoisotopic (exact) mass is 394 g/mol. The van der Waals surface area contributed by atoms with Gasteiger partial charge in [0.05, 0.1) is 23.4 Å². The van der Waals surface area contributed by atoms with Gasteiger partial charge in [-0.05, 0) is 40.8 Å². The average Bonchev–Trinajstić information content (AvgIpc) is 3.26. The van der Waals surface area contributed by atoms with E-state index in [-0.39, 0.29) is 23.2 Å². The summed E-state index contributed by atoms with van der Waals surface area (Å²) in [5, 5.41) is 4.35. The van der Waals surface area contributed by atoms with Crippen LogP contribution >= 0.6 is 0 Å². The molecule has 3 aromatic carbocycles. The number of hydrogen-bond donors (Lipinski definition) is 3. The van der Waals surface area contributed by atoms with Gasteiger partial charge in [-0.2, -0.15) is 0 Å². The molecule has 1 unspecified atom stereocenters. The quantitative estimate of drug-likeness (QED) is 0.431. The predicted octanol–water partition coefficient (Wildman–Crippen LogP) is 3.92. The Kier molecular flexibility index (Phi) is 4.37. The van der Waals surface area contributed by atoms with Crippen molar-refractivity contribution in [3.8, 4) is 0 Å². The minimum Gasteiger partial charge on any atom is -0.345 e. The van der Waals surface area contributed by atoms with Gasteiger partial charge >= 0.3 is 0 Å². The van der Waals surface area contributed by atoms with Crippen LogP contribution < -0.4 is 10.9 Å². The summed E-state index contributed by atoms with van der Waals surface area (Å²) < 4.78 is 0. The second kappa shape index (κ2) is 7.33. The van der Waals surface area contributed by atoms with Gasteiger partial charge in [0.1, 0.15) is 5.69 Å². The van der Waals surface area contributed by atoms with Crippen molar-refractivity contribution in [1.82, 2.24) is 20.3 Å². The number of amides is 1. The number of rotatable bonds is 4. The van der Waals surface area contributed by atoms with Crippen molar-refractivity contribution >= 4 is 27.7 Å². The molecule has 2 heterocycles. The number of fused-ring (bicyclic) bond motifs is 2. The average molecular weight is 394 g/mol. The molecule has 5 aromatic rings. The number of nitrogens with zero attached hydrogens (tertiary/aromatic N) is 1. The van der Waals surface area contributed by atoms with E-state index < -0.39 is 0 Å². The molecule has 30 heavy (non-hydrogen) atoms. The summed E-state index contributed by atoms with van der Waals surface area (Å²) in [5.74, 6) is -0.351. The second-order valence-corrected chi connectivity index (χ2v) is 7.10. The lowest BCUT2D eigenvalue weighted by atomic mass is 9.98. The van der Waals surface area contributed by atoms with Crippen molar-refractivity contribution < 1.29 is 4.79 Å². The second-order valence-electron chi connectivity index (χ2n) is 7.10. The molecule has 0 saturated heterocycles. The summed E-state index contributed by atoms with van der Waals surface area (Å²) in [6.07, 6.45) is 1.64. The normalized spacial score (nSPS) is 12.1. The van der Waals surface area contributed by atoms with E-state index in [0.717, 1.165) is 27.5 Å². The highest BCUT2D eigenvalue weighted by molar-refractivity contribution is 5.96. The Morgan fingerprint density at radius 2 is 1.70 bits per heavy atom. The lowest BCUT2D eigenvalue weighted by Crippen LogP contribution is -2.31. The number of aromatic amines is 2. The van der Waals surface area contributed by atoms with Gasteiger partial charge in [0.15, 0.2) is 0 Å². The molecular weight excluding hydrogens is 376 g/mol. The van der Waals surface area contributed by atoms with Crippen LogP contribution in [0.3, 0.4) is 0 Å². The zero-order valence-electron chi connectivity index (χ0n) is 15.9. The van der Waals surface area contributed by atoms with Gasteiger partial charge in [0.2, 0.25) is 0 Å². The summed E-state index contributed by atoms with van der Waals surface area (Å²) in [6, 6.07) is 24.1. The summed E-state index contributed by atoms with van der Waals surface area (Å²) in [6.45, 7) is 0. The minimum absolute atomic E-state index is 0.224. The van der Waals surface area contributed by atoms with Gasteiger partial charge in [-0.15, -0.1) is 0 Å². The fourth-order valence-corrected chi connectivity index (χ4v) is 3.68. The number of nitrogens with one attached hydrogen (secondary N) is 3. The van der Waals surface area contributed by atoms with E-state index in [9.17, 15) is 9.59 Å². The predicted molar refractivity (Wildman–Crippen MR) is 116 cm³/mol. The van der Waals surface area contributed by atoms with Gasteiger partial charge in [0, 0.05) is 5.39 Å². The maximum Gasteiger partial charge on any atom is 0.268 e. The molecule has 0 aliphatic heterocycles. The van der Waals surface area contributed by atoms with E-state index in [1.165, 1.54) is 0 Å². The number of carbonyl (C=O) groups excluding carboxylic acids is 1. The zero-order chi connectivity index (χ0) is 20.5. The smallest absolute Gasteiger partial charge is 0.268 e. The first kappa shape index (κ1) is 17.9. The number of aromatic nitrogens is 3. The first-order chi connectivity index (χ1) is 14.7. The third kappa shape index (κ3) is 3.24. The molecule has 2 aromatic heterocycles. The summed E-state index contributed by atoms with van der Waals surface area (Å²) >= 11 is 0. The van der Waals surface area contributed by atoms with Crippen molar-refractivity contribution in [3.05, 3.63) is 112 Å². The van der Waals surface area contributed by atoms with Crippen molar-refractivity contribution in [2.75, 3.05) is 0 Å². The zero-order valence-corrected chi connectivity index (χ0v) is 15.9. The van der Waals surface area contributed by atoms with Crippen LogP contribution in [0.2, 0.25) is 0 Å². The molecule has 0 spiro atoms. The molecule has 6 nitrogen and oxygen atoms in total. The molecule has 5 rings (SSSR count). The van der Waals surface area contributed by atoms with E-state index in [1.54, 1.807) is 24.5 Å². The van der Waals surface area contributed by atoms with Gasteiger partial charge in [-0.3, -0.25) is 9.59 Å². The van der Waals surface area contributed by atoms with Crippen LogP contribution in [-0.4, -0.2) is 20.9 Å². The fraction of sp³-hybridized carbons (Fsp3) is 0.0417. The van der Waals surface area contributed by atoms with Crippen molar-refractivity contribution in [2.45, 2.75) is 6.04 Å². The number of imidazole rings is 1. The summed E-state index contributed by atoms with van der Waals surface area (Å²) in [7, 11) is 0. The van der Waals surface area contributed by atoms with Crippen LogP contribution in [0.4, 0.5) is 0 Å². The van der Waals surface area contributed by atoms with E-state index in [1.807, 2.05) is 60.7 Å². The van der Waals surface area contributed by atoms with E-state index in [0.29, 0.717) is 5.39 Å². The third-order valence-corrected chi connectivity index (χ3v) is 5.18. The molecule has 0 bridgehead atoms. The minimum atomic E-state index is -0.388. The molecule has 0 fully saturated rings. The Bertz CT molecular complexity index is 1420. The lowest BCUT2D eigenvalue weighted by molar-refractivity contribution is 0.0938. The van der Waals surface area contributed by atoms with Crippen LogP contribution in [-0.2, 0) is 0 Å². The van der Waals surface area contributed by atoms with E-state index in [2.05, 4.69) is 20.3 Å². The molecule has 1 amide bonds. The molecule has 146 valence electrons. The SMILES string of the molecule is O=C(NC(c1ccccc1)c1ccc2nc[nH]c2c1)c1cc2ccccc2c(=O)[nH]1. The standard InChI is InChI=1S/C24H18N4O2/c29-23-18-9-5-4-8-16(18)12-21(27-23)24(30)28-22(15-6-2-1-3-7-15)17-10-11-19-20(13-17)26-14-25-19/h1-14,22H,(H,25,26)(H,27,29)(H,28,30). The van der Waals surface area contributed by atoms with Crippen LogP contribution in [0, 0.1) is 0 Å². The van der Waals surface area contributed by atoms with Gasteiger partial charge in [-0.1, -0.05) is 54.6 Å². The number of pyridine rings is 1. The highest BCUT2D eigenvalue weighted by Crippen LogP contribution is 2.25. The molecule has 0 aliphatic carbocycles. The van der Waals surface area contributed by atoms with Gasteiger partial charge < -0.3 is 15.3 Å². The van der Waals surface area contributed by atoms with Crippen LogP contribution in [0.1, 0.15) is 27.7 Å². The maximum atomic E-state index is 13.1. The molecule has 6 heteroatoms. The van der Waals surface area contributed by atoms with Gasteiger partial charge in [0.25, 0.3) is 11.5 Å². The molecule has 0 saturated carbocycles. The largest absolute Gasteiger partial charge is 0.345 e. The highest BCUT2D eigenvalue weighted by Gasteiger charge is 2.19. The van der Waals surface area contributed by atoms with Crippen molar-refractivity contribution in [1.29, 1.82) is 0 Å². The molecule has 1 atom stereocenters. The Balaban J connectivity index is 1.55. The summed E-state index contributed by atoms with van der Waals surface area (Å²) in [5.41, 5.74) is 3.54. The molecular formula is C24H18N4O2. The van der Waals surface area contributed by atoms with E-state index >= 15 is 0 Å². The van der Waals surface area contributed by atoms with Gasteiger partial charge in [-0.25, -0.2) is 4.98 Å². The highest BCUT2D eigenvalue weighted by atomic mass is 16.2. The Hall–Kier alpha value is -4.19. The fourth-order valence-electron chi connectivity index (χ4n) is 3.68. The van der Waals surface area contributed by atoms with Crippen LogP contribution in [0.15, 0.2) is 90.0 Å². The molecule has 0 radical (unpaired) electrons. The molecule has 3 N–H and O–H groups in total. The van der Waals surface area contributed by atoms with E-state index in [4.69, 9.17) is 0 Å². The first-order valence-corrected chi connectivity index (χ1v) is 9.60. The topological polar surface area (TPSA) is 90.6 Å². The Morgan fingerprint density at radius 3 is 2.57 bits per heavy atom.